The van der Waals surface area contributed by atoms with Gasteiger partial charge in [0, 0.05) is 38.6 Å². The first-order valence-corrected chi connectivity index (χ1v) is 6.73. The number of nitrogens with zero attached hydrogens (tertiary/aromatic N) is 5. The SMILES string of the molecule is CC(C)(c1noc(-c2cncnc2)n1)N1CCNCC1. The molecule has 3 heterocycles. The molecule has 0 aliphatic carbocycles. The fourth-order valence-electron chi connectivity index (χ4n) is 2.36. The van der Waals surface area contributed by atoms with Crippen LogP contribution in [-0.2, 0) is 5.54 Å². The van der Waals surface area contributed by atoms with Gasteiger partial charge < -0.3 is 9.84 Å². The fraction of sp³-hybridized carbons (Fsp3) is 0.538. The summed E-state index contributed by atoms with van der Waals surface area (Å²) in [6.07, 6.45) is 4.82. The molecular weight excluding hydrogens is 256 g/mol. The minimum Gasteiger partial charge on any atom is -0.334 e. The van der Waals surface area contributed by atoms with E-state index in [4.69, 9.17) is 4.52 Å². The van der Waals surface area contributed by atoms with Gasteiger partial charge >= 0.3 is 0 Å². The highest BCUT2D eigenvalue weighted by atomic mass is 16.5. The van der Waals surface area contributed by atoms with E-state index < -0.39 is 0 Å². The van der Waals surface area contributed by atoms with Gasteiger partial charge in [0.2, 0.25) is 0 Å². The van der Waals surface area contributed by atoms with E-state index in [-0.39, 0.29) is 5.54 Å². The van der Waals surface area contributed by atoms with E-state index >= 15 is 0 Å². The Labute approximate surface area is 117 Å². The Morgan fingerprint density at radius 1 is 1.20 bits per heavy atom. The number of nitrogens with one attached hydrogen (secondary N) is 1. The second-order valence-corrected chi connectivity index (χ2v) is 5.35. The Balaban J connectivity index is 1.85. The molecule has 1 fully saturated rings. The van der Waals surface area contributed by atoms with Gasteiger partial charge in [-0.2, -0.15) is 4.98 Å². The van der Waals surface area contributed by atoms with Crippen molar-refractivity contribution in [1.82, 2.24) is 30.3 Å². The summed E-state index contributed by atoms with van der Waals surface area (Å²) < 4.78 is 5.34. The summed E-state index contributed by atoms with van der Waals surface area (Å²) in [6.45, 7) is 8.17. The van der Waals surface area contributed by atoms with E-state index in [0.29, 0.717) is 11.7 Å². The second-order valence-electron chi connectivity index (χ2n) is 5.35. The zero-order chi connectivity index (χ0) is 14.0. The largest absolute Gasteiger partial charge is 0.334 e. The fourth-order valence-corrected chi connectivity index (χ4v) is 2.36. The average molecular weight is 274 g/mol. The van der Waals surface area contributed by atoms with Crippen LogP contribution in [-0.4, -0.2) is 51.2 Å². The maximum absolute atomic E-state index is 5.34. The Morgan fingerprint density at radius 3 is 2.60 bits per heavy atom. The zero-order valence-electron chi connectivity index (χ0n) is 11.7. The molecule has 7 heteroatoms. The van der Waals surface area contributed by atoms with Crippen LogP contribution in [0.25, 0.3) is 11.5 Å². The predicted molar refractivity (Wildman–Crippen MR) is 72.8 cm³/mol. The second kappa shape index (κ2) is 5.26. The molecule has 3 rings (SSSR count). The molecule has 0 saturated carbocycles. The lowest BCUT2D eigenvalue weighted by atomic mass is 10.0. The summed E-state index contributed by atoms with van der Waals surface area (Å²) in [5.41, 5.74) is 0.488. The summed E-state index contributed by atoms with van der Waals surface area (Å²) in [6, 6.07) is 0. The van der Waals surface area contributed by atoms with E-state index in [1.807, 2.05) is 0 Å². The molecule has 2 aromatic rings. The molecule has 106 valence electrons. The third-order valence-corrected chi connectivity index (χ3v) is 3.69. The molecule has 0 bridgehead atoms. The van der Waals surface area contributed by atoms with Crippen molar-refractivity contribution in [3.05, 3.63) is 24.5 Å². The van der Waals surface area contributed by atoms with Crippen LogP contribution in [0.5, 0.6) is 0 Å². The van der Waals surface area contributed by atoms with E-state index in [1.54, 1.807) is 12.4 Å². The van der Waals surface area contributed by atoms with Gasteiger partial charge in [-0.25, -0.2) is 9.97 Å². The third kappa shape index (κ3) is 2.41. The van der Waals surface area contributed by atoms with Gasteiger partial charge in [0.25, 0.3) is 5.89 Å². The van der Waals surface area contributed by atoms with Gasteiger partial charge in [-0.15, -0.1) is 0 Å². The van der Waals surface area contributed by atoms with Crippen LogP contribution in [0.1, 0.15) is 19.7 Å². The maximum atomic E-state index is 5.34. The quantitative estimate of drug-likeness (QED) is 0.881. The molecule has 0 amide bonds. The van der Waals surface area contributed by atoms with Crippen molar-refractivity contribution in [2.45, 2.75) is 19.4 Å². The number of rotatable bonds is 3. The van der Waals surface area contributed by atoms with Crippen LogP contribution in [0.4, 0.5) is 0 Å². The molecule has 1 saturated heterocycles. The number of hydrogen-bond donors (Lipinski definition) is 1. The van der Waals surface area contributed by atoms with Crippen molar-refractivity contribution in [3.8, 4) is 11.5 Å². The molecule has 20 heavy (non-hydrogen) atoms. The topological polar surface area (TPSA) is 80.0 Å². The minimum absolute atomic E-state index is 0.251. The van der Waals surface area contributed by atoms with Crippen molar-refractivity contribution in [2.24, 2.45) is 0 Å². The number of aromatic nitrogens is 4. The van der Waals surface area contributed by atoms with Crippen molar-refractivity contribution < 1.29 is 4.52 Å². The highest BCUT2D eigenvalue weighted by Crippen LogP contribution is 2.27. The monoisotopic (exact) mass is 274 g/mol. The van der Waals surface area contributed by atoms with Gasteiger partial charge in [0.15, 0.2) is 5.82 Å². The average Bonchev–Trinajstić information content (AvgIpc) is 3.00. The van der Waals surface area contributed by atoms with Crippen LogP contribution in [0, 0.1) is 0 Å². The summed E-state index contributed by atoms with van der Waals surface area (Å²) in [4.78, 5) is 14.8. The van der Waals surface area contributed by atoms with Gasteiger partial charge in [-0.1, -0.05) is 5.16 Å². The first-order chi connectivity index (χ1) is 9.68. The molecule has 2 aromatic heterocycles. The molecule has 0 spiro atoms. The first-order valence-electron chi connectivity index (χ1n) is 6.73. The van der Waals surface area contributed by atoms with Gasteiger partial charge in [-0.3, -0.25) is 4.90 Å². The highest BCUT2D eigenvalue weighted by Gasteiger charge is 2.34. The lowest BCUT2D eigenvalue weighted by molar-refractivity contribution is 0.0925. The highest BCUT2D eigenvalue weighted by molar-refractivity contribution is 5.48. The van der Waals surface area contributed by atoms with E-state index in [9.17, 15) is 0 Å². The van der Waals surface area contributed by atoms with Gasteiger partial charge in [-0.05, 0) is 13.8 Å². The Kier molecular flexibility index (Phi) is 3.45. The van der Waals surface area contributed by atoms with Crippen LogP contribution in [0.2, 0.25) is 0 Å². The van der Waals surface area contributed by atoms with Crippen LogP contribution >= 0.6 is 0 Å². The molecular formula is C13H18N6O. The number of piperazine rings is 1. The van der Waals surface area contributed by atoms with Gasteiger partial charge in [0.1, 0.15) is 6.33 Å². The van der Waals surface area contributed by atoms with Crippen molar-refractivity contribution in [3.63, 3.8) is 0 Å². The Morgan fingerprint density at radius 2 is 1.90 bits per heavy atom. The lowest BCUT2D eigenvalue weighted by Crippen LogP contribution is -2.52. The molecule has 7 nitrogen and oxygen atoms in total. The van der Waals surface area contributed by atoms with E-state index in [2.05, 4.69) is 44.2 Å². The molecule has 1 N–H and O–H groups in total. The summed E-state index contributed by atoms with van der Waals surface area (Å²) >= 11 is 0. The standard InChI is InChI=1S/C13H18N6O/c1-13(2,19-5-3-14-4-6-19)12-17-11(20-18-12)10-7-15-9-16-8-10/h7-9,14H,3-6H2,1-2H3. The maximum Gasteiger partial charge on any atom is 0.261 e. The van der Waals surface area contributed by atoms with E-state index in [0.717, 1.165) is 31.7 Å². The normalized spacial score (nSPS) is 17.3. The summed E-state index contributed by atoms with van der Waals surface area (Å²) in [5.74, 6) is 1.15. The smallest absolute Gasteiger partial charge is 0.261 e. The van der Waals surface area contributed by atoms with Crippen LogP contribution in [0.3, 0.4) is 0 Å². The molecule has 0 radical (unpaired) electrons. The molecule has 1 aliphatic heterocycles. The van der Waals surface area contributed by atoms with Gasteiger partial charge in [0.05, 0.1) is 11.1 Å². The van der Waals surface area contributed by atoms with Crippen molar-refractivity contribution in [1.29, 1.82) is 0 Å². The van der Waals surface area contributed by atoms with Crippen molar-refractivity contribution in [2.75, 3.05) is 26.2 Å². The molecule has 0 atom stereocenters. The Bertz CT molecular complexity index is 561. The first kappa shape index (κ1) is 13.1. The third-order valence-electron chi connectivity index (χ3n) is 3.69. The molecule has 1 aliphatic rings. The summed E-state index contributed by atoms with van der Waals surface area (Å²) in [7, 11) is 0. The lowest BCUT2D eigenvalue weighted by Gasteiger charge is -2.38. The minimum atomic E-state index is -0.251. The molecule has 0 aromatic carbocycles. The van der Waals surface area contributed by atoms with Crippen LogP contribution in [0.15, 0.2) is 23.2 Å². The zero-order valence-corrected chi connectivity index (χ0v) is 11.7. The Hall–Kier alpha value is -1.86. The molecule has 0 unspecified atom stereocenters. The van der Waals surface area contributed by atoms with E-state index in [1.165, 1.54) is 6.33 Å². The summed E-state index contributed by atoms with van der Waals surface area (Å²) in [5, 5.41) is 7.48. The van der Waals surface area contributed by atoms with Crippen LogP contribution < -0.4 is 5.32 Å². The van der Waals surface area contributed by atoms with Crippen molar-refractivity contribution >= 4 is 0 Å². The number of hydrogen-bond acceptors (Lipinski definition) is 7. The predicted octanol–water partition coefficient (Wildman–Crippen LogP) is 0.667.